The maximum absolute atomic E-state index is 5.45. The molecule has 3 aromatic heterocycles. The Labute approximate surface area is 163 Å². The van der Waals surface area contributed by atoms with Gasteiger partial charge in [-0.2, -0.15) is 5.10 Å². The number of aromatic amines is 1. The standard InChI is InChI=1S/C19H26N6OS/c1-11-14(4)27-19-17(11)18(20-9-15-12(2)23-24-13(15)3)21-16(22-19)10-25-5-7-26-8-6-25/h5-10H2,1-4H3,(H,23,24)(H,20,21,22). The van der Waals surface area contributed by atoms with E-state index in [1.807, 2.05) is 6.92 Å². The van der Waals surface area contributed by atoms with Crippen LogP contribution in [0, 0.1) is 27.7 Å². The second-order valence-electron chi connectivity index (χ2n) is 7.11. The zero-order chi connectivity index (χ0) is 19.0. The molecule has 0 radical (unpaired) electrons. The largest absolute Gasteiger partial charge is 0.379 e. The zero-order valence-electron chi connectivity index (χ0n) is 16.3. The highest BCUT2D eigenvalue weighted by atomic mass is 32.1. The molecule has 4 rings (SSSR count). The molecule has 1 fully saturated rings. The molecule has 8 heteroatoms. The minimum Gasteiger partial charge on any atom is -0.379 e. The van der Waals surface area contributed by atoms with Gasteiger partial charge in [0.1, 0.15) is 16.5 Å². The second-order valence-corrected chi connectivity index (χ2v) is 8.31. The first-order chi connectivity index (χ1) is 13.0. The number of nitrogens with zero attached hydrogens (tertiary/aromatic N) is 4. The molecule has 0 unspecified atom stereocenters. The summed E-state index contributed by atoms with van der Waals surface area (Å²) in [6.45, 7) is 13.3. The van der Waals surface area contributed by atoms with E-state index < -0.39 is 0 Å². The fraction of sp³-hybridized carbons (Fsp3) is 0.526. The molecule has 0 aromatic carbocycles. The Bertz CT molecular complexity index is 937. The molecule has 1 aliphatic rings. The van der Waals surface area contributed by atoms with Gasteiger partial charge in [-0.1, -0.05) is 0 Å². The molecular formula is C19H26N6OS. The van der Waals surface area contributed by atoms with Crippen molar-refractivity contribution in [2.24, 2.45) is 0 Å². The van der Waals surface area contributed by atoms with Gasteiger partial charge in [0, 0.05) is 35.8 Å². The number of nitrogens with one attached hydrogen (secondary N) is 2. The summed E-state index contributed by atoms with van der Waals surface area (Å²) in [6.07, 6.45) is 0. The van der Waals surface area contributed by atoms with Crippen molar-refractivity contribution in [3.63, 3.8) is 0 Å². The predicted molar refractivity (Wildman–Crippen MR) is 108 cm³/mol. The van der Waals surface area contributed by atoms with E-state index in [2.05, 4.69) is 41.2 Å². The van der Waals surface area contributed by atoms with E-state index in [-0.39, 0.29) is 0 Å². The average Bonchev–Trinajstić information content (AvgIpc) is 3.12. The van der Waals surface area contributed by atoms with Crippen LogP contribution in [-0.4, -0.2) is 51.4 Å². The number of H-pyrrole nitrogens is 1. The van der Waals surface area contributed by atoms with Crippen molar-refractivity contribution in [1.29, 1.82) is 0 Å². The van der Waals surface area contributed by atoms with E-state index in [1.54, 1.807) is 11.3 Å². The molecule has 0 spiro atoms. The molecule has 0 aliphatic carbocycles. The third-order valence-electron chi connectivity index (χ3n) is 5.26. The van der Waals surface area contributed by atoms with Crippen LogP contribution in [0.25, 0.3) is 10.2 Å². The molecule has 0 saturated carbocycles. The monoisotopic (exact) mass is 386 g/mol. The molecule has 27 heavy (non-hydrogen) atoms. The maximum atomic E-state index is 5.45. The number of rotatable bonds is 5. The minimum atomic E-state index is 0.700. The van der Waals surface area contributed by atoms with Gasteiger partial charge in [-0.15, -0.1) is 11.3 Å². The number of anilines is 1. The highest BCUT2D eigenvalue weighted by Gasteiger charge is 2.18. The summed E-state index contributed by atoms with van der Waals surface area (Å²) in [5.74, 6) is 1.79. The first-order valence-corrected chi connectivity index (χ1v) is 10.2. The van der Waals surface area contributed by atoms with Crippen LogP contribution < -0.4 is 5.32 Å². The van der Waals surface area contributed by atoms with Crippen molar-refractivity contribution in [2.45, 2.75) is 40.8 Å². The Morgan fingerprint density at radius 1 is 1.15 bits per heavy atom. The lowest BCUT2D eigenvalue weighted by Crippen LogP contribution is -2.36. The Kier molecular flexibility index (Phi) is 5.12. The van der Waals surface area contributed by atoms with Crippen molar-refractivity contribution in [2.75, 3.05) is 31.6 Å². The van der Waals surface area contributed by atoms with Gasteiger partial charge < -0.3 is 10.1 Å². The van der Waals surface area contributed by atoms with Crippen LogP contribution in [0.3, 0.4) is 0 Å². The fourth-order valence-corrected chi connectivity index (χ4v) is 4.51. The quantitative estimate of drug-likeness (QED) is 0.702. The smallest absolute Gasteiger partial charge is 0.146 e. The summed E-state index contributed by atoms with van der Waals surface area (Å²) in [5, 5.41) is 12.0. The number of fused-ring (bicyclic) bond motifs is 1. The lowest BCUT2D eigenvalue weighted by Gasteiger charge is -2.25. The van der Waals surface area contributed by atoms with Crippen LogP contribution in [0.4, 0.5) is 5.82 Å². The maximum Gasteiger partial charge on any atom is 0.146 e. The number of ether oxygens (including phenoxy) is 1. The lowest BCUT2D eigenvalue weighted by molar-refractivity contribution is 0.0331. The topological polar surface area (TPSA) is 79.0 Å². The van der Waals surface area contributed by atoms with E-state index in [0.717, 1.165) is 66.1 Å². The van der Waals surface area contributed by atoms with Crippen LogP contribution in [0.5, 0.6) is 0 Å². The molecule has 1 saturated heterocycles. The average molecular weight is 387 g/mol. The van der Waals surface area contributed by atoms with Crippen molar-refractivity contribution in [1.82, 2.24) is 25.1 Å². The molecule has 3 aromatic rings. The zero-order valence-corrected chi connectivity index (χ0v) is 17.2. The summed E-state index contributed by atoms with van der Waals surface area (Å²) in [6, 6.07) is 0. The molecule has 0 amide bonds. The third-order valence-corrected chi connectivity index (χ3v) is 6.36. The Hall–Kier alpha value is -2.03. The number of hydrogen-bond acceptors (Lipinski definition) is 7. The first kappa shape index (κ1) is 18.3. The summed E-state index contributed by atoms with van der Waals surface area (Å²) in [7, 11) is 0. The highest BCUT2D eigenvalue weighted by Crippen LogP contribution is 2.33. The first-order valence-electron chi connectivity index (χ1n) is 9.34. The van der Waals surface area contributed by atoms with Crippen molar-refractivity contribution in [3.8, 4) is 0 Å². The lowest BCUT2D eigenvalue weighted by atomic mass is 10.2. The molecule has 0 bridgehead atoms. The molecule has 4 heterocycles. The third kappa shape index (κ3) is 3.69. The predicted octanol–water partition coefficient (Wildman–Crippen LogP) is 3.09. The van der Waals surface area contributed by atoms with Gasteiger partial charge in [0.25, 0.3) is 0 Å². The summed E-state index contributed by atoms with van der Waals surface area (Å²) >= 11 is 1.75. The van der Waals surface area contributed by atoms with Crippen molar-refractivity contribution < 1.29 is 4.74 Å². The second kappa shape index (κ2) is 7.53. The van der Waals surface area contributed by atoms with Gasteiger partial charge in [-0.3, -0.25) is 10.00 Å². The summed E-state index contributed by atoms with van der Waals surface area (Å²) in [4.78, 5) is 14.5. The Morgan fingerprint density at radius 3 is 2.63 bits per heavy atom. The summed E-state index contributed by atoms with van der Waals surface area (Å²) in [5.41, 5.74) is 4.58. The molecule has 1 aliphatic heterocycles. The molecular weight excluding hydrogens is 360 g/mol. The Morgan fingerprint density at radius 2 is 1.93 bits per heavy atom. The molecule has 0 atom stereocenters. The van der Waals surface area contributed by atoms with Gasteiger partial charge in [-0.25, -0.2) is 9.97 Å². The van der Waals surface area contributed by atoms with Gasteiger partial charge in [0.15, 0.2) is 0 Å². The highest BCUT2D eigenvalue weighted by molar-refractivity contribution is 7.18. The molecule has 2 N–H and O–H groups in total. The van der Waals surface area contributed by atoms with E-state index in [0.29, 0.717) is 6.54 Å². The Balaban J connectivity index is 1.66. The van der Waals surface area contributed by atoms with Gasteiger partial charge in [-0.05, 0) is 33.3 Å². The number of hydrogen-bond donors (Lipinski definition) is 2. The number of aromatic nitrogens is 4. The van der Waals surface area contributed by atoms with Gasteiger partial charge >= 0.3 is 0 Å². The van der Waals surface area contributed by atoms with Gasteiger partial charge in [0.05, 0.1) is 30.8 Å². The van der Waals surface area contributed by atoms with E-state index >= 15 is 0 Å². The van der Waals surface area contributed by atoms with E-state index in [1.165, 1.54) is 16.0 Å². The fourth-order valence-electron chi connectivity index (χ4n) is 3.46. The van der Waals surface area contributed by atoms with Gasteiger partial charge in [0.2, 0.25) is 0 Å². The molecule has 7 nitrogen and oxygen atoms in total. The van der Waals surface area contributed by atoms with Crippen LogP contribution in [0.1, 0.15) is 33.2 Å². The van der Waals surface area contributed by atoms with Crippen molar-refractivity contribution in [3.05, 3.63) is 33.2 Å². The van der Waals surface area contributed by atoms with E-state index in [9.17, 15) is 0 Å². The van der Waals surface area contributed by atoms with E-state index in [4.69, 9.17) is 14.7 Å². The van der Waals surface area contributed by atoms with Crippen LogP contribution in [0.15, 0.2) is 0 Å². The number of morpholine rings is 1. The van der Waals surface area contributed by atoms with Crippen LogP contribution >= 0.6 is 11.3 Å². The minimum absolute atomic E-state index is 0.700. The van der Waals surface area contributed by atoms with Crippen LogP contribution in [0.2, 0.25) is 0 Å². The number of thiophene rings is 1. The normalized spacial score (nSPS) is 15.6. The number of aryl methyl sites for hydroxylation is 4. The summed E-state index contributed by atoms with van der Waals surface area (Å²) < 4.78 is 5.45. The van der Waals surface area contributed by atoms with Crippen LogP contribution in [-0.2, 0) is 17.8 Å². The molecule has 144 valence electrons. The SMILES string of the molecule is Cc1n[nH]c(C)c1CNc1nc(CN2CCOCC2)nc2sc(C)c(C)c12. The van der Waals surface area contributed by atoms with Crippen molar-refractivity contribution >= 4 is 27.4 Å².